The molecule has 1 saturated heterocycles. The average Bonchev–Trinajstić information content (AvgIpc) is 3.34. The molecule has 0 spiro atoms. The first kappa shape index (κ1) is 24.5. The summed E-state index contributed by atoms with van der Waals surface area (Å²) in [6.45, 7) is 6.45. The monoisotopic (exact) mass is 506 g/mol. The zero-order valence-electron chi connectivity index (χ0n) is 20.6. The van der Waals surface area contributed by atoms with Gasteiger partial charge in [0.2, 0.25) is 5.91 Å². The van der Waals surface area contributed by atoms with Gasteiger partial charge in [0.15, 0.2) is 0 Å². The van der Waals surface area contributed by atoms with Crippen LogP contribution in [0.1, 0.15) is 34.5 Å². The predicted molar refractivity (Wildman–Crippen MR) is 141 cm³/mol. The number of aryl methyl sites for hydroxylation is 1. The molecule has 0 bridgehead atoms. The molecule has 0 radical (unpaired) electrons. The van der Waals surface area contributed by atoms with E-state index in [-0.39, 0.29) is 36.4 Å². The van der Waals surface area contributed by atoms with Crippen LogP contribution in [0.3, 0.4) is 0 Å². The van der Waals surface area contributed by atoms with Gasteiger partial charge in [0.05, 0.1) is 12.6 Å². The van der Waals surface area contributed by atoms with Crippen molar-refractivity contribution in [3.63, 3.8) is 0 Å². The lowest BCUT2D eigenvalue weighted by atomic mass is 9.93. The minimum atomic E-state index is -0.269. The van der Waals surface area contributed by atoms with E-state index >= 15 is 0 Å². The van der Waals surface area contributed by atoms with Crippen LogP contribution in [0, 0.1) is 12.7 Å². The number of piperazine rings is 1. The molecular weight excluding hydrogens is 475 g/mol. The number of hydrogen-bond donors (Lipinski definition) is 1. The van der Waals surface area contributed by atoms with Crippen LogP contribution in [0.4, 0.5) is 14.9 Å². The van der Waals surface area contributed by atoms with Crippen molar-refractivity contribution >= 4 is 29.0 Å². The molecule has 1 aromatic heterocycles. The van der Waals surface area contributed by atoms with Crippen molar-refractivity contribution in [3.05, 3.63) is 87.4 Å². The molecule has 1 fully saturated rings. The number of carbonyl (C=O) groups excluding carboxylic acids is 2. The number of thiophene rings is 1. The van der Waals surface area contributed by atoms with E-state index in [0.29, 0.717) is 19.6 Å². The molecule has 1 N–H and O–H groups in total. The molecule has 2 aliphatic heterocycles. The second-order valence-corrected chi connectivity index (χ2v) is 10.7. The van der Waals surface area contributed by atoms with Crippen LogP contribution in [0.5, 0.6) is 0 Å². The first-order valence-electron chi connectivity index (χ1n) is 12.4. The van der Waals surface area contributed by atoms with Gasteiger partial charge in [0, 0.05) is 42.8 Å². The number of halogens is 1. The Morgan fingerprint density at radius 1 is 1.08 bits per heavy atom. The fourth-order valence-electron chi connectivity index (χ4n) is 5.20. The Bertz CT molecular complexity index is 1240. The average molecular weight is 507 g/mol. The van der Waals surface area contributed by atoms with E-state index in [0.717, 1.165) is 35.3 Å². The highest BCUT2D eigenvalue weighted by Crippen LogP contribution is 2.37. The normalized spacial score (nSPS) is 20.2. The number of anilines is 1. The lowest BCUT2D eigenvalue weighted by Gasteiger charge is -2.41. The second-order valence-electron chi connectivity index (χ2n) is 9.66. The fraction of sp³-hybridized carbons (Fsp3) is 0.357. The van der Waals surface area contributed by atoms with Gasteiger partial charge in [-0.05, 0) is 67.1 Å². The standard InChI is InChI=1S/C28H31FN4O2S/c1-19-6-8-23(9-7-19)30-28(35)33-14-13-31(17-20(33)2)26(34)18-32-12-10-25-24(11-15-36-25)27(32)21-4-3-5-22(29)16-21/h3-9,11,15-16,20,27H,10,12-14,17-18H2,1-2H3,(H,30,35)/t20-,27-/m1/s1. The van der Waals surface area contributed by atoms with Crippen LogP contribution in [0.2, 0.25) is 0 Å². The van der Waals surface area contributed by atoms with Crippen molar-refractivity contribution in [2.75, 3.05) is 38.0 Å². The number of hydrogen-bond acceptors (Lipinski definition) is 4. The first-order chi connectivity index (χ1) is 17.4. The largest absolute Gasteiger partial charge is 0.338 e. The Hall–Kier alpha value is -3.23. The van der Waals surface area contributed by atoms with Gasteiger partial charge >= 0.3 is 6.03 Å². The SMILES string of the molecule is Cc1ccc(NC(=O)N2CCN(C(=O)CN3CCc4sccc4[C@H]3c3cccc(F)c3)C[C@H]2C)cc1. The molecule has 3 heterocycles. The lowest BCUT2D eigenvalue weighted by Crippen LogP contribution is -2.58. The van der Waals surface area contributed by atoms with Crippen LogP contribution in [-0.2, 0) is 11.2 Å². The molecule has 2 aromatic carbocycles. The van der Waals surface area contributed by atoms with Crippen molar-refractivity contribution in [2.24, 2.45) is 0 Å². The third-order valence-corrected chi connectivity index (χ3v) is 8.11. The quantitative estimate of drug-likeness (QED) is 0.547. The molecule has 3 amide bonds. The molecule has 0 unspecified atom stereocenters. The number of amides is 3. The topological polar surface area (TPSA) is 55.9 Å². The molecule has 0 saturated carbocycles. The molecule has 8 heteroatoms. The van der Waals surface area contributed by atoms with Crippen molar-refractivity contribution in [2.45, 2.75) is 32.4 Å². The summed E-state index contributed by atoms with van der Waals surface area (Å²) in [5.74, 6) is -0.226. The van der Waals surface area contributed by atoms with Crippen molar-refractivity contribution in [1.29, 1.82) is 0 Å². The van der Waals surface area contributed by atoms with E-state index in [1.54, 1.807) is 28.4 Å². The van der Waals surface area contributed by atoms with Crippen LogP contribution < -0.4 is 5.32 Å². The van der Waals surface area contributed by atoms with E-state index in [2.05, 4.69) is 21.7 Å². The molecule has 3 aromatic rings. The van der Waals surface area contributed by atoms with Crippen LogP contribution in [0.15, 0.2) is 60.0 Å². The van der Waals surface area contributed by atoms with Gasteiger partial charge in [0.1, 0.15) is 5.82 Å². The van der Waals surface area contributed by atoms with Gasteiger partial charge < -0.3 is 15.1 Å². The minimum absolute atomic E-state index is 0.0422. The Morgan fingerprint density at radius 2 is 1.89 bits per heavy atom. The van der Waals surface area contributed by atoms with Crippen LogP contribution in [0.25, 0.3) is 0 Å². The maximum Gasteiger partial charge on any atom is 0.322 e. The Balaban J connectivity index is 1.24. The van der Waals surface area contributed by atoms with Crippen LogP contribution in [-0.4, -0.2) is 65.4 Å². The minimum Gasteiger partial charge on any atom is -0.338 e. The number of nitrogens with zero attached hydrogens (tertiary/aromatic N) is 3. The summed E-state index contributed by atoms with van der Waals surface area (Å²) in [6.07, 6.45) is 0.884. The van der Waals surface area contributed by atoms with Gasteiger partial charge in [-0.25, -0.2) is 9.18 Å². The number of rotatable bonds is 4. The molecule has 0 aliphatic carbocycles. The van der Waals surface area contributed by atoms with Gasteiger partial charge in [-0.15, -0.1) is 11.3 Å². The summed E-state index contributed by atoms with van der Waals surface area (Å²) in [7, 11) is 0. The van der Waals surface area contributed by atoms with Crippen molar-refractivity contribution < 1.29 is 14.0 Å². The molecule has 6 nitrogen and oxygen atoms in total. The summed E-state index contributed by atoms with van der Waals surface area (Å²) in [6, 6.07) is 16.1. The smallest absolute Gasteiger partial charge is 0.322 e. The highest BCUT2D eigenvalue weighted by molar-refractivity contribution is 7.10. The molecule has 188 valence electrons. The summed E-state index contributed by atoms with van der Waals surface area (Å²) in [5.41, 5.74) is 3.93. The molecule has 2 aliphatic rings. The van der Waals surface area contributed by atoms with Crippen molar-refractivity contribution in [1.82, 2.24) is 14.7 Å². The zero-order chi connectivity index (χ0) is 25.2. The van der Waals surface area contributed by atoms with Gasteiger partial charge in [-0.1, -0.05) is 29.8 Å². The maximum atomic E-state index is 14.1. The predicted octanol–water partition coefficient (Wildman–Crippen LogP) is 4.91. The number of urea groups is 1. The van der Waals surface area contributed by atoms with E-state index in [4.69, 9.17) is 0 Å². The number of carbonyl (C=O) groups is 2. The maximum absolute atomic E-state index is 14.1. The number of nitrogens with one attached hydrogen (secondary N) is 1. The Kier molecular flexibility index (Phi) is 7.07. The number of benzene rings is 2. The highest BCUT2D eigenvalue weighted by Gasteiger charge is 2.34. The Morgan fingerprint density at radius 3 is 2.64 bits per heavy atom. The second kappa shape index (κ2) is 10.4. The van der Waals surface area contributed by atoms with Crippen LogP contribution >= 0.6 is 11.3 Å². The molecular formula is C28H31FN4O2S. The molecule has 2 atom stereocenters. The zero-order valence-corrected chi connectivity index (χ0v) is 21.4. The first-order valence-corrected chi connectivity index (χ1v) is 13.2. The van der Waals surface area contributed by atoms with E-state index in [1.807, 2.05) is 49.1 Å². The molecule has 36 heavy (non-hydrogen) atoms. The van der Waals surface area contributed by atoms with Gasteiger partial charge in [0.25, 0.3) is 0 Å². The van der Waals surface area contributed by atoms with E-state index in [1.165, 1.54) is 10.9 Å². The fourth-order valence-corrected chi connectivity index (χ4v) is 6.10. The summed E-state index contributed by atoms with van der Waals surface area (Å²) in [5, 5.41) is 5.03. The van der Waals surface area contributed by atoms with Gasteiger partial charge in [-0.2, -0.15) is 0 Å². The third kappa shape index (κ3) is 5.15. The number of fused-ring (bicyclic) bond motifs is 1. The summed E-state index contributed by atoms with van der Waals surface area (Å²) < 4.78 is 14.1. The molecule has 5 rings (SSSR count). The Labute approximate surface area is 215 Å². The summed E-state index contributed by atoms with van der Waals surface area (Å²) in [4.78, 5) is 33.4. The highest BCUT2D eigenvalue weighted by atomic mass is 32.1. The van der Waals surface area contributed by atoms with E-state index in [9.17, 15) is 14.0 Å². The third-order valence-electron chi connectivity index (χ3n) is 7.11. The summed E-state index contributed by atoms with van der Waals surface area (Å²) >= 11 is 1.72. The lowest BCUT2D eigenvalue weighted by molar-refractivity contribution is -0.135. The van der Waals surface area contributed by atoms with Gasteiger partial charge in [-0.3, -0.25) is 9.69 Å². The van der Waals surface area contributed by atoms with E-state index < -0.39 is 0 Å². The van der Waals surface area contributed by atoms with Crippen molar-refractivity contribution in [3.8, 4) is 0 Å².